The first-order valence-electron chi connectivity index (χ1n) is 8.21. The lowest BCUT2D eigenvalue weighted by Crippen LogP contribution is -2.43. The number of hydrogen-bond donors (Lipinski definition) is 3. The molecule has 152 valence electrons. The Morgan fingerprint density at radius 3 is 2.25 bits per heavy atom. The Morgan fingerprint density at radius 2 is 1.68 bits per heavy atom. The molecular formula is C18H21F2N3O3S2. The van der Waals surface area contributed by atoms with E-state index in [0.29, 0.717) is 22.3 Å². The third kappa shape index (κ3) is 7.01. The quantitative estimate of drug-likeness (QED) is 0.580. The number of nitrogens with one attached hydrogen (secondary N) is 3. The lowest BCUT2D eigenvalue weighted by molar-refractivity contribution is 0.243. The van der Waals surface area contributed by atoms with Crippen molar-refractivity contribution in [3.63, 3.8) is 0 Å². The van der Waals surface area contributed by atoms with E-state index in [4.69, 9.17) is 0 Å². The summed E-state index contributed by atoms with van der Waals surface area (Å²) in [5.74, 6) is -2.55. The Balaban J connectivity index is 2.12. The Labute approximate surface area is 167 Å². The van der Waals surface area contributed by atoms with Crippen LogP contribution in [0.2, 0.25) is 0 Å². The van der Waals surface area contributed by atoms with Gasteiger partial charge in [0, 0.05) is 21.8 Å². The number of amides is 2. The highest BCUT2D eigenvalue weighted by atomic mass is 32.2. The van der Waals surface area contributed by atoms with Gasteiger partial charge in [0.2, 0.25) is 0 Å². The van der Waals surface area contributed by atoms with Crippen molar-refractivity contribution in [2.45, 2.75) is 41.9 Å². The zero-order chi connectivity index (χ0) is 20.9. The van der Waals surface area contributed by atoms with Crippen LogP contribution in [0.4, 0.5) is 25.0 Å². The van der Waals surface area contributed by atoms with Gasteiger partial charge in [-0.15, -0.1) is 0 Å². The van der Waals surface area contributed by atoms with Gasteiger partial charge < -0.3 is 10.6 Å². The van der Waals surface area contributed by atoms with E-state index in [2.05, 4.69) is 15.4 Å². The average molecular weight is 430 g/mol. The van der Waals surface area contributed by atoms with Crippen LogP contribution >= 0.6 is 11.8 Å². The maximum absolute atomic E-state index is 12.6. The number of anilines is 2. The summed E-state index contributed by atoms with van der Waals surface area (Å²) in [6.45, 7) is 5.47. The number of hydrogen-bond acceptors (Lipinski definition) is 4. The zero-order valence-electron chi connectivity index (χ0n) is 15.5. The molecule has 0 atom stereocenters. The van der Waals surface area contributed by atoms with Gasteiger partial charge in [0.1, 0.15) is 0 Å². The second-order valence-electron chi connectivity index (χ2n) is 6.87. The van der Waals surface area contributed by atoms with E-state index in [1.807, 2.05) is 20.8 Å². The van der Waals surface area contributed by atoms with Crippen LogP contribution in [0.25, 0.3) is 0 Å². The fourth-order valence-corrected chi connectivity index (χ4v) is 3.77. The molecule has 0 aliphatic carbocycles. The van der Waals surface area contributed by atoms with Gasteiger partial charge in [-0.2, -0.15) is 8.78 Å². The largest absolute Gasteiger partial charge is 0.333 e. The Kier molecular flexibility index (Phi) is 6.89. The number of halogens is 2. The fraction of sp³-hybridized carbons (Fsp3) is 0.278. The van der Waals surface area contributed by atoms with Gasteiger partial charge >= 0.3 is 6.03 Å². The molecule has 2 rings (SSSR count). The normalized spacial score (nSPS) is 11.9. The molecule has 0 aromatic heterocycles. The molecule has 0 spiro atoms. The minimum atomic E-state index is -3.92. The van der Waals surface area contributed by atoms with Gasteiger partial charge in [0.25, 0.3) is 15.8 Å². The van der Waals surface area contributed by atoms with Crippen LogP contribution < -0.4 is 15.4 Å². The Morgan fingerprint density at radius 1 is 1.04 bits per heavy atom. The fourth-order valence-electron chi connectivity index (χ4n) is 2.16. The minimum absolute atomic E-state index is 0.0490. The molecule has 0 saturated heterocycles. The molecule has 0 bridgehead atoms. The van der Waals surface area contributed by atoms with Gasteiger partial charge in [-0.3, -0.25) is 4.72 Å². The van der Waals surface area contributed by atoms with E-state index in [9.17, 15) is 22.0 Å². The number of rotatable bonds is 6. The van der Waals surface area contributed by atoms with Gasteiger partial charge in [-0.05, 0) is 63.2 Å². The van der Waals surface area contributed by atoms with Crippen molar-refractivity contribution in [2.24, 2.45) is 0 Å². The van der Waals surface area contributed by atoms with E-state index in [1.54, 1.807) is 6.07 Å². The number of thioether (sulfide) groups is 1. The highest BCUT2D eigenvalue weighted by Crippen LogP contribution is 2.27. The molecule has 0 fully saturated rings. The molecule has 0 saturated carbocycles. The van der Waals surface area contributed by atoms with Gasteiger partial charge in [0.15, 0.2) is 0 Å². The van der Waals surface area contributed by atoms with Gasteiger partial charge in [-0.25, -0.2) is 13.2 Å². The lowest BCUT2D eigenvalue weighted by Gasteiger charge is -2.20. The summed E-state index contributed by atoms with van der Waals surface area (Å²) in [6.07, 6.45) is 0. The van der Waals surface area contributed by atoms with Crippen LogP contribution in [0.1, 0.15) is 20.8 Å². The van der Waals surface area contributed by atoms with Crippen molar-refractivity contribution in [3.8, 4) is 0 Å². The molecule has 2 aromatic carbocycles. The topological polar surface area (TPSA) is 87.3 Å². The highest BCUT2D eigenvalue weighted by Gasteiger charge is 2.17. The van der Waals surface area contributed by atoms with E-state index < -0.39 is 27.4 Å². The van der Waals surface area contributed by atoms with Crippen LogP contribution in [-0.4, -0.2) is 25.7 Å². The molecule has 0 aliphatic heterocycles. The second-order valence-corrected chi connectivity index (χ2v) is 9.61. The van der Waals surface area contributed by atoms with Crippen LogP contribution in [0.5, 0.6) is 0 Å². The molecule has 0 heterocycles. The first-order valence-corrected chi connectivity index (χ1v) is 10.6. The lowest BCUT2D eigenvalue weighted by atomic mass is 10.1. The smallest absolute Gasteiger partial charge is 0.319 e. The van der Waals surface area contributed by atoms with Crippen molar-refractivity contribution < 1.29 is 22.0 Å². The summed E-state index contributed by atoms with van der Waals surface area (Å²) in [6, 6.07) is 10.9. The zero-order valence-corrected chi connectivity index (χ0v) is 17.1. The number of benzene rings is 2. The van der Waals surface area contributed by atoms with Crippen LogP contribution in [0.15, 0.2) is 58.3 Å². The summed E-state index contributed by atoms with van der Waals surface area (Å²) in [5.41, 5.74) is 0.111. The van der Waals surface area contributed by atoms with Crippen molar-refractivity contribution in [1.29, 1.82) is 0 Å². The highest BCUT2D eigenvalue weighted by molar-refractivity contribution is 7.99. The predicted molar refractivity (Wildman–Crippen MR) is 107 cm³/mol. The van der Waals surface area contributed by atoms with Crippen molar-refractivity contribution in [1.82, 2.24) is 5.32 Å². The third-order valence-corrected chi connectivity index (χ3v) is 5.32. The number of urea groups is 1. The maximum atomic E-state index is 12.6. The SMILES string of the molecule is CC(C)(C)NC(=O)Nc1cccc(S(=O)(=O)Nc2ccc(SC(F)F)cc2)c1. The summed E-state index contributed by atoms with van der Waals surface area (Å²) < 4.78 is 52.2. The standard InChI is InChI=1S/C18H21F2N3O3S2/c1-18(2,3)22-17(24)21-13-5-4-6-15(11-13)28(25,26)23-12-7-9-14(10-8-12)27-16(19)20/h4-11,16,23H,1-3H3,(H2,21,22,24). The summed E-state index contributed by atoms with van der Waals surface area (Å²) in [4.78, 5) is 12.2. The van der Waals surface area contributed by atoms with Crippen molar-refractivity contribution in [3.05, 3.63) is 48.5 Å². The molecule has 0 radical (unpaired) electrons. The average Bonchev–Trinajstić information content (AvgIpc) is 2.54. The van der Waals surface area contributed by atoms with Crippen molar-refractivity contribution >= 4 is 39.2 Å². The second kappa shape index (κ2) is 8.78. The van der Waals surface area contributed by atoms with E-state index in [-0.39, 0.29) is 10.6 Å². The molecular weight excluding hydrogens is 408 g/mol. The van der Waals surface area contributed by atoms with Crippen LogP contribution in [-0.2, 0) is 10.0 Å². The minimum Gasteiger partial charge on any atom is -0.333 e. The monoisotopic (exact) mass is 429 g/mol. The Bertz CT molecular complexity index is 928. The first kappa shape index (κ1) is 22.0. The first-order chi connectivity index (χ1) is 12.9. The molecule has 28 heavy (non-hydrogen) atoms. The van der Waals surface area contributed by atoms with Crippen LogP contribution in [0, 0.1) is 0 Å². The summed E-state index contributed by atoms with van der Waals surface area (Å²) in [5, 5.41) is 5.30. The third-order valence-electron chi connectivity index (χ3n) is 3.22. The van der Waals surface area contributed by atoms with E-state index in [1.165, 1.54) is 42.5 Å². The Hall–Kier alpha value is -2.33. The maximum Gasteiger partial charge on any atom is 0.319 e. The number of alkyl halides is 2. The molecule has 0 aliphatic rings. The van der Waals surface area contributed by atoms with Gasteiger partial charge in [0.05, 0.1) is 4.90 Å². The summed E-state index contributed by atoms with van der Waals surface area (Å²) in [7, 11) is -3.92. The molecule has 10 heteroatoms. The number of carbonyl (C=O) groups is 1. The molecule has 0 unspecified atom stereocenters. The molecule has 2 amide bonds. The van der Waals surface area contributed by atoms with E-state index >= 15 is 0 Å². The predicted octanol–water partition coefficient (Wildman–Crippen LogP) is 4.72. The molecule has 6 nitrogen and oxygen atoms in total. The molecule has 2 aromatic rings. The molecule has 3 N–H and O–H groups in total. The van der Waals surface area contributed by atoms with Crippen LogP contribution in [0.3, 0.4) is 0 Å². The number of carbonyl (C=O) groups excluding carboxylic acids is 1. The van der Waals surface area contributed by atoms with Crippen molar-refractivity contribution in [2.75, 3.05) is 10.0 Å². The van der Waals surface area contributed by atoms with Gasteiger partial charge in [-0.1, -0.05) is 17.8 Å². The summed E-state index contributed by atoms with van der Waals surface area (Å²) >= 11 is 0.376. The number of sulfonamides is 1. The van der Waals surface area contributed by atoms with E-state index in [0.717, 1.165) is 0 Å².